The van der Waals surface area contributed by atoms with Crippen molar-refractivity contribution in [3.63, 3.8) is 0 Å². The number of rotatable bonds is 2. The van der Waals surface area contributed by atoms with Crippen LogP contribution in [0.4, 0.5) is 24.7 Å². The van der Waals surface area contributed by atoms with Crippen molar-refractivity contribution in [1.82, 2.24) is 9.88 Å². The van der Waals surface area contributed by atoms with Crippen LogP contribution in [0.5, 0.6) is 0 Å². The highest BCUT2D eigenvalue weighted by Gasteiger charge is 2.35. The monoisotopic (exact) mass is 420 g/mol. The van der Waals surface area contributed by atoms with Gasteiger partial charge in [-0.15, -0.1) is 0 Å². The number of alkyl halides is 3. The molecule has 1 unspecified atom stereocenters. The number of nitrogen functional groups attached to an aromatic ring is 1. The molecule has 2 aromatic rings. The van der Waals surface area contributed by atoms with E-state index in [1.165, 1.54) is 23.2 Å². The summed E-state index contributed by atoms with van der Waals surface area (Å²) in [5.41, 5.74) is 6.49. The molecule has 30 heavy (non-hydrogen) atoms. The minimum atomic E-state index is -4.43. The van der Waals surface area contributed by atoms with E-state index in [0.717, 1.165) is 18.6 Å². The SMILES string of the molecule is Cc1cc(NC(=O)C(=O)N2C[C@@H](C)CCC2c2ccc(C(F)(F)F)cc2)cnc1N. The summed E-state index contributed by atoms with van der Waals surface area (Å²) >= 11 is 0. The zero-order valence-corrected chi connectivity index (χ0v) is 16.7. The van der Waals surface area contributed by atoms with Gasteiger partial charge in [0.2, 0.25) is 0 Å². The van der Waals surface area contributed by atoms with Crippen molar-refractivity contribution in [2.45, 2.75) is 38.9 Å². The number of hydrogen-bond acceptors (Lipinski definition) is 4. The maximum Gasteiger partial charge on any atom is 0.416 e. The third kappa shape index (κ3) is 4.72. The quantitative estimate of drug-likeness (QED) is 0.721. The Bertz CT molecular complexity index is 944. The third-order valence-corrected chi connectivity index (χ3v) is 5.27. The van der Waals surface area contributed by atoms with Crippen molar-refractivity contribution >= 4 is 23.3 Å². The van der Waals surface area contributed by atoms with E-state index in [4.69, 9.17) is 5.73 Å². The lowest BCUT2D eigenvalue weighted by atomic mass is 9.89. The molecule has 1 aromatic heterocycles. The molecule has 2 amide bonds. The molecule has 2 atom stereocenters. The van der Waals surface area contributed by atoms with Crippen LogP contribution in [-0.4, -0.2) is 28.2 Å². The van der Waals surface area contributed by atoms with E-state index >= 15 is 0 Å². The Hall–Kier alpha value is -3.10. The summed E-state index contributed by atoms with van der Waals surface area (Å²) in [6.07, 6.45) is -1.70. The number of anilines is 2. The smallest absolute Gasteiger partial charge is 0.383 e. The van der Waals surface area contributed by atoms with Crippen LogP contribution in [0, 0.1) is 12.8 Å². The number of nitrogens with one attached hydrogen (secondary N) is 1. The topological polar surface area (TPSA) is 88.3 Å². The van der Waals surface area contributed by atoms with Gasteiger partial charge in [-0.3, -0.25) is 9.59 Å². The van der Waals surface area contributed by atoms with Gasteiger partial charge in [0.05, 0.1) is 23.5 Å². The Labute approximate surface area is 172 Å². The van der Waals surface area contributed by atoms with Crippen LogP contribution < -0.4 is 11.1 Å². The molecule has 0 spiro atoms. The summed E-state index contributed by atoms with van der Waals surface area (Å²) in [6, 6.07) is 5.88. The number of carbonyl (C=O) groups is 2. The zero-order valence-electron chi connectivity index (χ0n) is 16.7. The number of carbonyl (C=O) groups excluding carboxylic acids is 2. The van der Waals surface area contributed by atoms with E-state index in [2.05, 4.69) is 10.3 Å². The Kier molecular flexibility index (Phi) is 6.00. The summed E-state index contributed by atoms with van der Waals surface area (Å²) in [5, 5.41) is 2.53. The first kappa shape index (κ1) is 21.6. The first-order chi connectivity index (χ1) is 14.1. The number of halogens is 3. The molecule has 3 rings (SSSR count). The summed E-state index contributed by atoms with van der Waals surface area (Å²) < 4.78 is 38.6. The van der Waals surface area contributed by atoms with Gasteiger partial charge in [0.15, 0.2) is 0 Å². The van der Waals surface area contributed by atoms with Gasteiger partial charge in [0.25, 0.3) is 0 Å². The van der Waals surface area contributed by atoms with Gasteiger partial charge in [-0.05, 0) is 55.0 Å². The van der Waals surface area contributed by atoms with E-state index in [1.54, 1.807) is 13.0 Å². The average molecular weight is 420 g/mol. The molecule has 0 aliphatic carbocycles. The maximum atomic E-state index is 12.9. The maximum absolute atomic E-state index is 12.9. The fourth-order valence-corrected chi connectivity index (χ4v) is 3.59. The second-order valence-electron chi connectivity index (χ2n) is 7.66. The van der Waals surface area contributed by atoms with Gasteiger partial charge in [-0.2, -0.15) is 13.2 Å². The fraction of sp³-hybridized carbons (Fsp3) is 0.381. The second kappa shape index (κ2) is 8.33. The lowest BCUT2D eigenvalue weighted by Crippen LogP contribution is -2.46. The molecule has 3 N–H and O–H groups in total. The average Bonchev–Trinajstić information content (AvgIpc) is 2.69. The standard InChI is InChI=1S/C21H23F3N4O2/c1-12-3-8-17(14-4-6-15(7-5-14)21(22,23)24)28(11-12)20(30)19(29)27-16-9-13(2)18(25)26-10-16/h4-7,9-10,12,17H,3,8,11H2,1-2H3,(H2,25,26)(H,27,29)/t12-,17?/m0/s1. The van der Waals surface area contributed by atoms with Crippen LogP contribution in [0.1, 0.15) is 42.5 Å². The van der Waals surface area contributed by atoms with Crippen LogP contribution in [0.25, 0.3) is 0 Å². The number of nitrogens with zero attached hydrogens (tertiary/aromatic N) is 2. The molecule has 160 valence electrons. The lowest BCUT2D eigenvalue weighted by Gasteiger charge is -2.38. The number of nitrogens with two attached hydrogens (primary N) is 1. The van der Waals surface area contributed by atoms with Gasteiger partial charge in [-0.25, -0.2) is 4.98 Å². The van der Waals surface area contributed by atoms with E-state index < -0.39 is 29.6 Å². The number of amides is 2. The molecule has 6 nitrogen and oxygen atoms in total. The molecular weight excluding hydrogens is 397 g/mol. The highest BCUT2D eigenvalue weighted by Crippen LogP contribution is 2.35. The molecular formula is C21H23F3N4O2. The molecule has 1 saturated heterocycles. The summed E-state index contributed by atoms with van der Waals surface area (Å²) in [7, 11) is 0. The van der Waals surface area contributed by atoms with Crippen molar-refractivity contribution < 1.29 is 22.8 Å². The van der Waals surface area contributed by atoms with Crippen LogP contribution in [0.3, 0.4) is 0 Å². The van der Waals surface area contributed by atoms with Gasteiger partial charge >= 0.3 is 18.0 Å². The van der Waals surface area contributed by atoms with Crippen LogP contribution in [0.15, 0.2) is 36.5 Å². The Morgan fingerprint density at radius 1 is 1.20 bits per heavy atom. The minimum absolute atomic E-state index is 0.174. The molecule has 1 aromatic carbocycles. The Morgan fingerprint density at radius 2 is 1.87 bits per heavy atom. The highest BCUT2D eigenvalue weighted by atomic mass is 19.4. The molecule has 0 saturated carbocycles. The summed E-state index contributed by atoms with van der Waals surface area (Å²) in [5.74, 6) is -1.06. The third-order valence-electron chi connectivity index (χ3n) is 5.27. The number of piperidine rings is 1. The molecule has 1 fully saturated rings. The van der Waals surface area contributed by atoms with Crippen LogP contribution in [-0.2, 0) is 15.8 Å². The van der Waals surface area contributed by atoms with Gasteiger partial charge < -0.3 is 16.0 Å². The number of likely N-dealkylation sites (tertiary alicyclic amines) is 1. The van der Waals surface area contributed by atoms with E-state index in [1.807, 2.05) is 6.92 Å². The lowest BCUT2D eigenvalue weighted by molar-refractivity contribution is -0.146. The van der Waals surface area contributed by atoms with Crippen LogP contribution in [0.2, 0.25) is 0 Å². The minimum Gasteiger partial charge on any atom is -0.383 e. The Morgan fingerprint density at radius 3 is 2.47 bits per heavy atom. The first-order valence-electron chi connectivity index (χ1n) is 9.57. The number of aryl methyl sites for hydroxylation is 1. The van der Waals surface area contributed by atoms with Crippen molar-refractivity contribution in [3.8, 4) is 0 Å². The first-order valence-corrected chi connectivity index (χ1v) is 9.57. The molecule has 1 aliphatic rings. The fourth-order valence-electron chi connectivity index (χ4n) is 3.59. The van der Waals surface area contributed by atoms with Crippen molar-refractivity contribution in [1.29, 1.82) is 0 Å². The Balaban J connectivity index is 1.80. The van der Waals surface area contributed by atoms with Crippen molar-refractivity contribution in [2.75, 3.05) is 17.6 Å². The normalized spacial score (nSPS) is 19.4. The molecule has 9 heteroatoms. The largest absolute Gasteiger partial charge is 0.416 e. The molecule has 0 radical (unpaired) electrons. The van der Waals surface area contributed by atoms with Gasteiger partial charge in [-0.1, -0.05) is 19.1 Å². The predicted octanol–water partition coefficient (Wildman–Crippen LogP) is 3.93. The van der Waals surface area contributed by atoms with Crippen molar-refractivity contribution in [2.24, 2.45) is 5.92 Å². The molecule has 1 aliphatic heterocycles. The van der Waals surface area contributed by atoms with E-state index in [-0.39, 0.29) is 5.92 Å². The zero-order chi connectivity index (χ0) is 22.1. The van der Waals surface area contributed by atoms with Crippen LogP contribution >= 0.6 is 0 Å². The molecule has 2 heterocycles. The van der Waals surface area contributed by atoms with Gasteiger partial charge in [0.1, 0.15) is 5.82 Å². The number of pyridine rings is 1. The van der Waals surface area contributed by atoms with Gasteiger partial charge in [0, 0.05) is 6.54 Å². The highest BCUT2D eigenvalue weighted by molar-refractivity contribution is 6.39. The summed E-state index contributed by atoms with van der Waals surface area (Å²) in [4.78, 5) is 30.9. The summed E-state index contributed by atoms with van der Waals surface area (Å²) in [6.45, 7) is 4.04. The predicted molar refractivity (Wildman–Crippen MR) is 106 cm³/mol. The number of aromatic nitrogens is 1. The van der Waals surface area contributed by atoms with E-state index in [0.29, 0.717) is 35.6 Å². The number of hydrogen-bond donors (Lipinski definition) is 2. The molecule has 0 bridgehead atoms. The number of benzene rings is 1. The second-order valence-corrected chi connectivity index (χ2v) is 7.66. The van der Waals surface area contributed by atoms with E-state index in [9.17, 15) is 22.8 Å². The van der Waals surface area contributed by atoms with Crippen molar-refractivity contribution in [3.05, 3.63) is 53.2 Å².